The lowest BCUT2D eigenvalue weighted by Gasteiger charge is -2.14. The zero-order chi connectivity index (χ0) is 15.4. The minimum absolute atomic E-state index is 0.148. The average Bonchev–Trinajstić information content (AvgIpc) is 2.83. The van der Waals surface area contributed by atoms with Crippen molar-refractivity contribution in [2.45, 2.75) is 13.5 Å². The van der Waals surface area contributed by atoms with Gasteiger partial charge in [-0.1, -0.05) is 0 Å². The van der Waals surface area contributed by atoms with Crippen LogP contribution in [0.4, 0.5) is 16.5 Å². The molecule has 1 aromatic heterocycles. The summed E-state index contributed by atoms with van der Waals surface area (Å²) in [5.41, 5.74) is 2.18. The molecule has 2 rings (SSSR count). The molecule has 102 valence electrons. The summed E-state index contributed by atoms with van der Waals surface area (Å²) < 4.78 is 2.54. The Morgan fingerprint density at radius 2 is 2.19 bits per heavy atom. The van der Waals surface area contributed by atoms with Crippen LogP contribution in [0.15, 0.2) is 40.0 Å². The van der Waals surface area contributed by atoms with Crippen LogP contribution >= 0.6 is 11.3 Å². The summed E-state index contributed by atoms with van der Waals surface area (Å²) in [6.07, 6.45) is 1.66. The van der Waals surface area contributed by atoms with Gasteiger partial charge in [-0.15, -0.1) is 0 Å². The Balaban J connectivity index is 2.22. The van der Waals surface area contributed by atoms with E-state index in [4.69, 9.17) is 21.1 Å². The molecule has 1 aromatic carbocycles. The molecular weight excluding hydrogens is 286 g/mol. The number of anilines is 1. The van der Waals surface area contributed by atoms with Gasteiger partial charge in [-0.05, 0) is 47.1 Å². The first-order valence-corrected chi connectivity index (χ1v) is 6.86. The van der Waals surface area contributed by atoms with Gasteiger partial charge in [0.25, 0.3) is 0 Å². The summed E-state index contributed by atoms with van der Waals surface area (Å²) >= 11 is 1.32. The van der Waals surface area contributed by atoms with Crippen molar-refractivity contribution in [2.75, 3.05) is 4.72 Å². The summed E-state index contributed by atoms with van der Waals surface area (Å²) in [6, 6.07) is 5.26. The van der Waals surface area contributed by atoms with Crippen molar-refractivity contribution in [3.05, 3.63) is 35.3 Å². The summed E-state index contributed by atoms with van der Waals surface area (Å²) in [5, 5.41) is 19.3. The quantitative estimate of drug-likeness (QED) is 0.520. The van der Waals surface area contributed by atoms with Gasteiger partial charge in [0.05, 0.1) is 5.11 Å². The van der Waals surface area contributed by atoms with Crippen LogP contribution in [0.3, 0.4) is 0 Å². The molecule has 0 fully saturated rings. The third kappa shape index (κ3) is 3.91. The van der Waals surface area contributed by atoms with Crippen LogP contribution in [0, 0.1) is 6.92 Å². The fourth-order valence-electron chi connectivity index (χ4n) is 1.65. The van der Waals surface area contributed by atoms with Gasteiger partial charge in [-0.3, -0.25) is 0 Å². The minimum atomic E-state index is -0.929. The molecule has 0 aliphatic rings. The molecule has 0 atom stereocenters. The van der Waals surface area contributed by atoms with Crippen LogP contribution in [0.25, 0.3) is 0 Å². The number of hydrogen-bond acceptors (Lipinski definition) is 5. The number of carbonyl (C=O) groups is 1. The Kier molecular flexibility index (Phi) is 4.74. The smallest absolute Gasteiger partial charge is 0.408 e. The van der Waals surface area contributed by atoms with Gasteiger partial charge in [0.15, 0.2) is 6.54 Å². The summed E-state index contributed by atoms with van der Waals surface area (Å²) in [7, 11) is 10.9. The maximum atomic E-state index is 10.7. The van der Waals surface area contributed by atoms with E-state index in [1.807, 2.05) is 6.92 Å². The molecule has 2 aromatic rings. The molecule has 0 unspecified atom stereocenters. The first-order chi connectivity index (χ1) is 9.97. The highest BCUT2D eigenvalue weighted by Gasteiger charge is 2.15. The molecule has 1 N–H and O–H groups in total. The lowest BCUT2D eigenvalue weighted by molar-refractivity contribution is -0.669. The van der Waals surface area contributed by atoms with Gasteiger partial charge in [-0.25, -0.2) is 9.36 Å². The SMILES string of the molecule is [B]N([B])c1ccc(N=Nc2scc[n+]2CC(=O)O)c(C)c1. The lowest BCUT2D eigenvalue weighted by Crippen LogP contribution is -2.35. The number of hydrogen-bond donors (Lipinski definition) is 1. The van der Waals surface area contributed by atoms with Crippen molar-refractivity contribution in [3.8, 4) is 0 Å². The number of benzene rings is 1. The molecular formula is C12H11B2N4O2S+. The van der Waals surface area contributed by atoms with Crippen molar-refractivity contribution in [1.29, 1.82) is 0 Å². The number of nitrogens with zero attached hydrogens (tertiary/aromatic N) is 4. The minimum Gasteiger partial charge on any atom is -0.479 e. The fourth-order valence-corrected chi connectivity index (χ4v) is 2.33. The highest BCUT2D eigenvalue weighted by atomic mass is 32.1. The third-order valence-corrected chi connectivity index (χ3v) is 3.47. The first kappa shape index (κ1) is 15.2. The molecule has 0 bridgehead atoms. The van der Waals surface area contributed by atoms with Crippen molar-refractivity contribution in [3.63, 3.8) is 0 Å². The first-order valence-electron chi connectivity index (χ1n) is 5.98. The predicted molar refractivity (Wildman–Crippen MR) is 81.5 cm³/mol. The van der Waals surface area contributed by atoms with Crippen molar-refractivity contribution in [2.24, 2.45) is 10.2 Å². The standard InChI is InChI=1S/C12H10B2N4O2S/c1-8-6-9(18(13)14)2-3-10(8)15-16-12-17(4-5-21-12)7-11(19)20/h2-6H,7H2,1H3/p+1. The van der Waals surface area contributed by atoms with Crippen LogP contribution in [0.1, 0.15) is 5.56 Å². The molecule has 1 heterocycles. The molecule has 0 spiro atoms. The Labute approximate surface area is 128 Å². The molecule has 0 aliphatic carbocycles. The molecule has 0 saturated carbocycles. The Hall–Kier alpha value is -2.15. The van der Waals surface area contributed by atoms with Crippen molar-refractivity contribution < 1.29 is 14.5 Å². The zero-order valence-electron chi connectivity index (χ0n) is 11.3. The number of aryl methyl sites for hydroxylation is 1. The molecule has 4 radical (unpaired) electrons. The van der Waals surface area contributed by atoms with Gasteiger partial charge in [0.1, 0.15) is 11.9 Å². The molecule has 9 heteroatoms. The predicted octanol–water partition coefficient (Wildman–Crippen LogP) is 1.82. The number of carboxylic acids is 1. The van der Waals surface area contributed by atoms with E-state index in [0.717, 1.165) is 10.3 Å². The summed E-state index contributed by atoms with van der Waals surface area (Å²) in [6.45, 7) is 1.71. The number of azo groups is 1. The summed E-state index contributed by atoms with van der Waals surface area (Å²) in [4.78, 5) is 10.7. The van der Waals surface area contributed by atoms with E-state index in [2.05, 4.69) is 10.2 Å². The normalized spacial score (nSPS) is 10.9. The second kappa shape index (κ2) is 6.53. The maximum absolute atomic E-state index is 10.7. The van der Waals surface area contributed by atoms with E-state index in [1.54, 1.807) is 29.8 Å². The van der Waals surface area contributed by atoms with E-state index in [0.29, 0.717) is 16.5 Å². The van der Waals surface area contributed by atoms with Crippen LogP contribution in [0.5, 0.6) is 0 Å². The lowest BCUT2D eigenvalue weighted by atomic mass is 10.1. The topological polar surface area (TPSA) is 69.1 Å². The molecule has 0 aliphatic heterocycles. The van der Waals surface area contributed by atoms with E-state index in [9.17, 15) is 4.79 Å². The third-order valence-electron chi connectivity index (χ3n) is 2.69. The second-order valence-electron chi connectivity index (χ2n) is 4.29. The fraction of sp³-hybridized carbons (Fsp3) is 0.167. The van der Waals surface area contributed by atoms with Gasteiger partial charge in [0.2, 0.25) is 16.0 Å². The van der Waals surface area contributed by atoms with Crippen molar-refractivity contribution >= 4 is 49.8 Å². The molecule has 0 amide bonds. The van der Waals surface area contributed by atoms with Gasteiger partial charge in [-0.2, -0.15) is 0 Å². The van der Waals surface area contributed by atoms with Crippen LogP contribution in [-0.2, 0) is 11.3 Å². The van der Waals surface area contributed by atoms with Crippen LogP contribution in [-0.4, -0.2) is 27.0 Å². The number of aromatic nitrogens is 1. The largest absolute Gasteiger partial charge is 0.479 e. The van der Waals surface area contributed by atoms with E-state index in [1.165, 1.54) is 15.9 Å². The van der Waals surface area contributed by atoms with Gasteiger partial charge >= 0.3 is 11.1 Å². The Morgan fingerprint density at radius 1 is 1.43 bits per heavy atom. The average molecular weight is 297 g/mol. The highest BCUT2D eigenvalue weighted by Crippen LogP contribution is 2.25. The van der Waals surface area contributed by atoms with Gasteiger partial charge < -0.3 is 9.83 Å². The van der Waals surface area contributed by atoms with Crippen molar-refractivity contribution in [1.82, 2.24) is 0 Å². The Morgan fingerprint density at radius 3 is 2.81 bits per heavy atom. The molecule has 21 heavy (non-hydrogen) atoms. The number of rotatable bonds is 5. The number of carboxylic acid groups (broad SMARTS) is 1. The zero-order valence-corrected chi connectivity index (χ0v) is 12.1. The monoisotopic (exact) mass is 297 g/mol. The van der Waals surface area contributed by atoms with Gasteiger partial charge in [0, 0.05) is 11.1 Å². The van der Waals surface area contributed by atoms with E-state index < -0.39 is 5.97 Å². The number of aliphatic carboxylic acids is 1. The van der Waals surface area contributed by atoms with E-state index in [-0.39, 0.29) is 6.54 Å². The molecule has 0 saturated heterocycles. The summed E-state index contributed by atoms with van der Waals surface area (Å²) in [5.74, 6) is -0.929. The molecule has 6 nitrogen and oxygen atoms in total. The van der Waals surface area contributed by atoms with Crippen LogP contribution < -0.4 is 9.29 Å². The highest BCUT2D eigenvalue weighted by molar-refractivity contribution is 7.12. The Bertz CT molecular complexity index is 688. The number of thiazole rings is 1. The maximum Gasteiger partial charge on any atom is 0.408 e. The second-order valence-corrected chi connectivity index (χ2v) is 5.16. The van der Waals surface area contributed by atoms with E-state index >= 15 is 0 Å². The van der Waals surface area contributed by atoms with Crippen LogP contribution in [0.2, 0.25) is 0 Å².